The van der Waals surface area contributed by atoms with Crippen LogP contribution in [-0.2, 0) is 28.5 Å². The van der Waals surface area contributed by atoms with Gasteiger partial charge in [0.2, 0.25) is 0 Å². The first-order chi connectivity index (χ1) is 11.6. The maximum Gasteiger partial charge on any atom is 0.307 e. The van der Waals surface area contributed by atoms with Crippen LogP contribution in [0.2, 0.25) is 0 Å². The minimum Gasteiger partial charge on any atom is -0.469 e. The first kappa shape index (κ1) is 23.6. The van der Waals surface area contributed by atoms with Crippen LogP contribution in [0, 0.1) is 0 Å². The van der Waals surface area contributed by atoms with Gasteiger partial charge in [0, 0.05) is 6.54 Å². The van der Waals surface area contributed by atoms with Gasteiger partial charge in [0.1, 0.15) is 0 Å². The summed E-state index contributed by atoms with van der Waals surface area (Å²) in [6, 6.07) is 0. The molecule has 0 bridgehead atoms. The monoisotopic (exact) mass is 369 g/mol. The Morgan fingerprint density at radius 2 is 1.42 bits per heavy atom. The van der Waals surface area contributed by atoms with Gasteiger partial charge < -0.3 is 28.8 Å². The molecule has 1 atom stereocenters. The SMILES string of the molecule is COC(=O)CCOCCOCCOCCOCCN(C)C(O)SC. The number of aliphatic hydroxyl groups is 1. The van der Waals surface area contributed by atoms with Gasteiger partial charge in [-0.05, 0) is 13.3 Å². The smallest absolute Gasteiger partial charge is 0.307 e. The Morgan fingerprint density at radius 3 is 1.88 bits per heavy atom. The van der Waals surface area contributed by atoms with Crippen molar-refractivity contribution in [1.82, 2.24) is 4.90 Å². The van der Waals surface area contributed by atoms with E-state index in [2.05, 4.69) is 4.74 Å². The molecule has 0 aromatic heterocycles. The van der Waals surface area contributed by atoms with E-state index in [1.165, 1.54) is 18.9 Å². The zero-order valence-corrected chi connectivity index (χ0v) is 15.7. The molecule has 0 aromatic carbocycles. The van der Waals surface area contributed by atoms with Crippen LogP contribution in [0.4, 0.5) is 0 Å². The Balaban J connectivity index is 3.14. The average molecular weight is 369 g/mol. The number of hydrogen-bond acceptors (Lipinski definition) is 9. The number of rotatable bonds is 17. The van der Waals surface area contributed by atoms with Crippen LogP contribution in [0.3, 0.4) is 0 Å². The van der Waals surface area contributed by atoms with Crippen molar-refractivity contribution in [1.29, 1.82) is 0 Å². The standard InChI is InChI=1S/C15H31NO7S/c1-16(15(18)24-3)5-7-21-9-11-23-13-12-22-10-8-20-6-4-14(17)19-2/h15,18H,4-13H2,1-3H3. The second kappa shape index (κ2) is 17.4. The number of hydrogen-bond donors (Lipinski definition) is 1. The molecule has 0 aliphatic heterocycles. The second-order valence-corrected chi connectivity index (χ2v) is 5.71. The number of carbonyl (C=O) groups excluding carboxylic acids is 1. The van der Waals surface area contributed by atoms with Crippen LogP contribution >= 0.6 is 11.8 Å². The number of ether oxygens (including phenoxy) is 5. The fourth-order valence-corrected chi connectivity index (χ4v) is 1.98. The first-order valence-electron chi connectivity index (χ1n) is 7.90. The highest BCUT2D eigenvalue weighted by molar-refractivity contribution is 7.98. The second-order valence-electron chi connectivity index (χ2n) is 4.82. The van der Waals surface area contributed by atoms with E-state index in [9.17, 15) is 9.90 Å². The molecule has 144 valence electrons. The molecule has 0 saturated heterocycles. The van der Waals surface area contributed by atoms with Crippen LogP contribution < -0.4 is 0 Å². The van der Waals surface area contributed by atoms with Gasteiger partial charge in [-0.3, -0.25) is 9.69 Å². The van der Waals surface area contributed by atoms with E-state index in [-0.39, 0.29) is 12.4 Å². The number of thioether (sulfide) groups is 1. The van der Waals surface area contributed by atoms with Crippen molar-refractivity contribution in [3.8, 4) is 0 Å². The number of aliphatic hydroxyl groups excluding tert-OH is 1. The lowest BCUT2D eigenvalue weighted by molar-refractivity contribution is -0.141. The van der Waals surface area contributed by atoms with Crippen LogP contribution in [0.15, 0.2) is 0 Å². The summed E-state index contributed by atoms with van der Waals surface area (Å²) in [5.41, 5.74) is -0.494. The van der Waals surface area contributed by atoms with Crippen molar-refractivity contribution in [2.75, 3.05) is 79.8 Å². The topological polar surface area (TPSA) is 86.7 Å². The molecule has 0 heterocycles. The maximum absolute atomic E-state index is 10.8. The van der Waals surface area contributed by atoms with E-state index >= 15 is 0 Å². The molecule has 1 N–H and O–H groups in total. The summed E-state index contributed by atoms with van der Waals surface area (Å²) in [7, 11) is 3.20. The molecule has 0 spiro atoms. The number of methoxy groups -OCH3 is 1. The third kappa shape index (κ3) is 15.1. The fraction of sp³-hybridized carbons (Fsp3) is 0.933. The van der Waals surface area contributed by atoms with Crippen molar-refractivity contribution in [2.45, 2.75) is 12.0 Å². The van der Waals surface area contributed by atoms with E-state index in [4.69, 9.17) is 18.9 Å². The largest absolute Gasteiger partial charge is 0.469 e. The average Bonchev–Trinajstić information content (AvgIpc) is 2.60. The minimum absolute atomic E-state index is 0.256. The molecule has 9 heteroatoms. The van der Waals surface area contributed by atoms with Crippen molar-refractivity contribution in [2.24, 2.45) is 0 Å². The van der Waals surface area contributed by atoms with E-state index in [0.29, 0.717) is 59.4 Å². The molecule has 0 aliphatic rings. The minimum atomic E-state index is -0.494. The molecule has 0 radical (unpaired) electrons. The van der Waals surface area contributed by atoms with Crippen molar-refractivity contribution >= 4 is 17.7 Å². The molecular formula is C15H31NO7S. The van der Waals surface area contributed by atoms with E-state index in [1.54, 1.807) is 0 Å². The van der Waals surface area contributed by atoms with Crippen LogP contribution in [-0.4, -0.2) is 101 Å². The van der Waals surface area contributed by atoms with Crippen molar-refractivity contribution in [3.05, 3.63) is 0 Å². The summed E-state index contributed by atoms with van der Waals surface area (Å²) in [6.45, 7) is 4.47. The third-order valence-electron chi connectivity index (χ3n) is 2.97. The predicted octanol–water partition coefficient (Wildman–Crippen LogP) is 0.187. The van der Waals surface area contributed by atoms with Gasteiger partial charge in [-0.15, -0.1) is 11.8 Å². The molecular weight excluding hydrogens is 338 g/mol. The van der Waals surface area contributed by atoms with Gasteiger partial charge in [-0.1, -0.05) is 0 Å². The van der Waals surface area contributed by atoms with Gasteiger partial charge in [0.05, 0.1) is 66.4 Å². The Hall–Kier alpha value is -0.420. The highest BCUT2D eigenvalue weighted by Crippen LogP contribution is 2.05. The molecule has 0 saturated carbocycles. The van der Waals surface area contributed by atoms with E-state index in [1.807, 2.05) is 18.2 Å². The van der Waals surface area contributed by atoms with Gasteiger partial charge in [0.15, 0.2) is 5.56 Å². The summed E-state index contributed by atoms with van der Waals surface area (Å²) in [5.74, 6) is -0.279. The lowest BCUT2D eigenvalue weighted by Crippen LogP contribution is -2.31. The first-order valence-corrected chi connectivity index (χ1v) is 9.19. The van der Waals surface area contributed by atoms with Crippen LogP contribution in [0.25, 0.3) is 0 Å². The Bertz CT molecular complexity index is 297. The Morgan fingerprint density at radius 1 is 0.958 bits per heavy atom. The molecule has 0 aromatic rings. The molecule has 0 aliphatic carbocycles. The van der Waals surface area contributed by atoms with Crippen LogP contribution in [0.5, 0.6) is 0 Å². The third-order valence-corrected chi connectivity index (χ3v) is 3.75. The van der Waals surface area contributed by atoms with Crippen molar-refractivity contribution < 1.29 is 33.6 Å². The molecule has 8 nitrogen and oxygen atoms in total. The lowest BCUT2D eigenvalue weighted by atomic mass is 10.5. The summed E-state index contributed by atoms with van der Waals surface area (Å²) in [5, 5.41) is 9.52. The number of nitrogens with zero attached hydrogens (tertiary/aromatic N) is 1. The molecule has 1 unspecified atom stereocenters. The predicted molar refractivity (Wildman–Crippen MR) is 92.1 cm³/mol. The summed E-state index contributed by atoms with van der Waals surface area (Å²) >= 11 is 1.38. The number of carbonyl (C=O) groups is 1. The normalized spacial score (nSPS) is 12.5. The zero-order valence-electron chi connectivity index (χ0n) is 14.9. The lowest BCUT2D eigenvalue weighted by Gasteiger charge is -2.21. The van der Waals surface area contributed by atoms with Gasteiger partial charge in [0.25, 0.3) is 0 Å². The summed E-state index contributed by atoms with van der Waals surface area (Å²) < 4.78 is 25.8. The molecule has 24 heavy (non-hydrogen) atoms. The molecule has 0 rings (SSSR count). The quantitative estimate of drug-likeness (QED) is 0.219. The maximum atomic E-state index is 10.8. The zero-order chi connectivity index (χ0) is 18.0. The van der Waals surface area contributed by atoms with Crippen LogP contribution in [0.1, 0.15) is 6.42 Å². The summed E-state index contributed by atoms with van der Waals surface area (Å²) in [4.78, 5) is 12.6. The summed E-state index contributed by atoms with van der Waals surface area (Å²) in [6.07, 6.45) is 2.11. The van der Waals surface area contributed by atoms with Gasteiger partial charge in [-0.2, -0.15) is 0 Å². The molecule has 0 amide bonds. The number of likely N-dealkylation sites (N-methyl/N-ethyl adjacent to an activating group) is 1. The van der Waals surface area contributed by atoms with Gasteiger partial charge in [-0.25, -0.2) is 0 Å². The fourth-order valence-electron chi connectivity index (χ4n) is 1.52. The van der Waals surface area contributed by atoms with Gasteiger partial charge >= 0.3 is 5.97 Å². The number of esters is 1. The van der Waals surface area contributed by atoms with E-state index < -0.39 is 5.56 Å². The van der Waals surface area contributed by atoms with E-state index in [0.717, 1.165) is 0 Å². The van der Waals surface area contributed by atoms with Crippen molar-refractivity contribution in [3.63, 3.8) is 0 Å². The highest BCUT2D eigenvalue weighted by atomic mass is 32.2. The Kier molecular flexibility index (Phi) is 17.1. The highest BCUT2D eigenvalue weighted by Gasteiger charge is 2.07. The molecule has 0 fully saturated rings. The Labute approximate surface area is 148 Å².